The quantitative estimate of drug-likeness (QED) is 0.340. The monoisotopic (exact) mass is 478 g/mol. The normalized spacial score (nSPS) is 21.5. The lowest BCUT2D eigenvalue weighted by molar-refractivity contribution is -0.133. The highest BCUT2D eigenvalue weighted by Gasteiger charge is 2.60. The van der Waals surface area contributed by atoms with Crippen LogP contribution in [-0.4, -0.2) is 77.8 Å². The van der Waals surface area contributed by atoms with Crippen molar-refractivity contribution in [1.82, 2.24) is 20.1 Å². The van der Waals surface area contributed by atoms with Crippen LogP contribution >= 0.6 is 0 Å². The van der Waals surface area contributed by atoms with Gasteiger partial charge in [0.2, 0.25) is 0 Å². The highest BCUT2D eigenvalue weighted by molar-refractivity contribution is 6.08. The Morgan fingerprint density at radius 3 is 2.74 bits per heavy atom. The molecular formula is C26H30N4O5. The number of hydrogen-bond acceptors (Lipinski definition) is 6. The number of phenolic OH excluding ortho intramolecular Hbond substituents is 1. The molecule has 3 heterocycles. The van der Waals surface area contributed by atoms with Crippen LogP contribution in [0.2, 0.25) is 0 Å². The Labute approximate surface area is 203 Å². The average Bonchev–Trinajstić information content (AvgIpc) is 3.29. The van der Waals surface area contributed by atoms with Crippen LogP contribution in [0.4, 0.5) is 4.79 Å². The zero-order chi connectivity index (χ0) is 24.7. The molecule has 0 spiro atoms. The average molecular weight is 479 g/mol. The molecule has 2 aliphatic rings. The first-order valence-electron chi connectivity index (χ1n) is 11.7. The van der Waals surface area contributed by atoms with Gasteiger partial charge in [-0.05, 0) is 48.4 Å². The van der Waals surface area contributed by atoms with Crippen LogP contribution in [0.3, 0.4) is 0 Å². The Morgan fingerprint density at radius 2 is 2.00 bits per heavy atom. The minimum absolute atomic E-state index is 0.103. The van der Waals surface area contributed by atoms with Crippen molar-refractivity contribution in [3.05, 3.63) is 59.3 Å². The Hall–Kier alpha value is -3.56. The van der Waals surface area contributed by atoms with Gasteiger partial charge in [0.05, 0.1) is 13.7 Å². The number of rotatable bonds is 8. The number of aromatic nitrogens is 1. The van der Waals surface area contributed by atoms with E-state index in [1.807, 2.05) is 31.2 Å². The van der Waals surface area contributed by atoms with Crippen molar-refractivity contribution in [3.8, 4) is 11.5 Å². The van der Waals surface area contributed by atoms with E-state index in [4.69, 9.17) is 9.47 Å². The van der Waals surface area contributed by atoms with Crippen LogP contribution in [0.15, 0.2) is 42.5 Å². The fourth-order valence-corrected chi connectivity index (χ4v) is 5.35. The minimum atomic E-state index is -1.06. The molecule has 2 atom stereocenters. The number of amides is 3. The number of hydrogen-bond donors (Lipinski definition) is 3. The summed E-state index contributed by atoms with van der Waals surface area (Å²) in [5, 5.41) is 14.4. The molecule has 1 saturated heterocycles. The van der Waals surface area contributed by atoms with E-state index in [1.165, 1.54) is 4.90 Å². The highest BCUT2D eigenvalue weighted by Crippen LogP contribution is 2.49. The number of ether oxygens (including phenoxy) is 2. The number of aromatic hydroxyl groups is 1. The number of urea groups is 1. The topological polar surface area (TPSA) is 107 Å². The van der Waals surface area contributed by atoms with E-state index in [0.29, 0.717) is 26.1 Å². The first-order valence-corrected chi connectivity index (χ1v) is 11.7. The fourth-order valence-electron chi connectivity index (χ4n) is 5.35. The smallest absolute Gasteiger partial charge is 0.328 e. The molecule has 2 aliphatic heterocycles. The van der Waals surface area contributed by atoms with Gasteiger partial charge >= 0.3 is 6.03 Å². The van der Waals surface area contributed by atoms with Crippen LogP contribution in [0, 0.1) is 0 Å². The van der Waals surface area contributed by atoms with Crippen molar-refractivity contribution >= 4 is 22.8 Å². The first kappa shape index (κ1) is 23.2. The van der Waals surface area contributed by atoms with Crippen molar-refractivity contribution in [1.29, 1.82) is 0 Å². The van der Waals surface area contributed by atoms with E-state index in [0.717, 1.165) is 33.5 Å². The lowest BCUT2D eigenvalue weighted by atomic mass is 9.81. The van der Waals surface area contributed by atoms with Gasteiger partial charge in [-0.15, -0.1) is 0 Å². The number of imide groups is 1. The molecule has 0 bridgehead atoms. The van der Waals surface area contributed by atoms with Crippen molar-refractivity contribution in [3.63, 3.8) is 0 Å². The Balaban J connectivity index is 1.60. The molecule has 0 aliphatic carbocycles. The van der Waals surface area contributed by atoms with Gasteiger partial charge in [-0.1, -0.05) is 12.1 Å². The van der Waals surface area contributed by atoms with Gasteiger partial charge in [-0.3, -0.25) is 14.6 Å². The SMILES string of the molecule is COCCNCCN1C(=O)N2[C@H](c3cccc(O)c3)c3[nH]c4ccc(OC)cc4c3C[C@@]2(C)C1=O. The van der Waals surface area contributed by atoms with E-state index in [2.05, 4.69) is 10.3 Å². The summed E-state index contributed by atoms with van der Waals surface area (Å²) in [6.07, 6.45) is 0.378. The van der Waals surface area contributed by atoms with E-state index in [9.17, 15) is 14.7 Å². The van der Waals surface area contributed by atoms with E-state index < -0.39 is 11.6 Å². The molecule has 1 aromatic heterocycles. The number of carbonyl (C=O) groups is 2. The summed E-state index contributed by atoms with van der Waals surface area (Å²) < 4.78 is 10.5. The second kappa shape index (κ2) is 8.90. The van der Waals surface area contributed by atoms with Gasteiger partial charge < -0.3 is 24.9 Å². The summed E-state index contributed by atoms with van der Waals surface area (Å²) in [6, 6.07) is 11.8. The lowest BCUT2D eigenvalue weighted by Gasteiger charge is -2.42. The maximum atomic E-state index is 13.8. The van der Waals surface area contributed by atoms with E-state index >= 15 is 0 Å². The maximum Gasteiger partial charge on any atom is 0.328 e. The zero-order valence-electron chi connectivity index (χ0n) is 20.1. The molecule has 1 fully saturated rings. The largest absolute Gasteiger partial charge is 0.508 e. The minimum Gasteiger partial charge on any atom is -0.508 e. The summed E-state index contributed by atoms with van der Waals surface area (Å²) >= 11 is 0. The van der Waals surface area contributed by atoms with Crippen molar-refractivity contribution in [2.75, 3.05) is 40.5 Å². The van der Waals surface area contributed by atoms with Crippen molar-refractivity contribution in [2.24, 2.45) is 0 Å². The van der Waals surface area contributed by atoms with Crippen LogP contribution < -0.4 is 10.1 Å². The first-order chi connectivity index (χ1) is 16.9. The van der Waals surface area contributed by atoms with Gasteiger partial charge in [-0.25, -0.2) is 4.79 Å². The molecule has 0 saturated carbocycles. The summed E-state index contributed by atoms with van der Waals surface area (Å²) in [7, 11) is 3.25. The van der Waals surface area contributed by atoms with Gasteiger partial charge in [-0.2, -0.15) is 0 Å². The van der Waals surface area contributed by atoms with Crippen LogP contribution in [0.5, 0.6) is 11.5 Å². The number of benzene rings is 2. The van der Waals surface area contributed by atoms with Crippen molar-refractivity contribution < 1.29 is 24.2 Å². The predicted molar refractivity (Wildman–Crippen MR) is 131 cm³/mol. The number of carbonyl (C=O) groups excluding carboxylic acids is 2. The molecule has 0 unspecified atom stereocenters. The molecule has 0 radical (unpaired) electrons. The molecule has 9 heteroatoms. The number of methoxy groups -OCH3 is 2. The van der Waals surface area contributed by atoms with Crippen LogP contribution in [0.1, 0.15) is 29.8 Å². The molecule has 2 aromatic carbocycles. The summed E-state index contributed by atoms with van der Waals surface area (Å²) in [5.41, 5.74) is 2.40. The van der Waals surface area contributed by atoms with Gasteiger partial charge in [0.25, 0.3) is 5.91 Å². The number of fused-ring (bicyclic) bond motifs is 4. The number of aromatic amines is 1. The molecule has 3 amide bonds. The van der Waals surface area contributed by atoms with Crippen molar-refractivity contribution in [2.45, 2.75) is 24.9 Å². The number of nitrogens with one attached hydrogen (secondary N) is 2. The zero-order valence-corrected chi connectivity index (χ0v) is 20.1. The third-order valence-electron chi connectivity index (χ3n) is 7.05. The molecule has 35 heavy (non-hydrogen) atoms. The Kier molecular flexibility index (Phi) is 5.90. The third kappa shape index (κ3) is 3.71. The highest BCUT2D eigenvalue weighted by atomic mass is 16.5. The standard InChI is InChI=1S/C26H30N4O5/c1-26-15-20-19-14-18(35-3)7-8-21(19)28-22(20)23(16-5-4-6-17(31)13-16)30(26)25(33)29(24(26)32)11-9-27-10-12-34-2/h4-8,13-14,23,27-28,31H,9-12,15H2,1-3H3/t23-,26+/m1/s1. The number of H-pyrrole nitrogens is 1. The second-order valence-corrected chi connectivity index (χ2v) is 9.23. The molecule has 184 valence electrons. The molecule has 9 nitrogen and oxygen atoms in total. The summed E-state index contributed by atoms with van der Waals surface area (Å²) in [4.78, 5) is 34.0. The lowest BCUT2D eigenvalue weighted by Crippen LogP contribution is -2.53. The van der Waals surface area contributed by atoms with Gasteiger partial charge in [0, 0.05) is 49.8 Å². The van der Waals surface area contributed by atoms with E-state index in [1.54, 1.807) is 37.3 Å². The predicted octanol–water partition coefficient (Wildman–Crippen LogP) is 2.79. The maximum absolute atomic E-state index is 13.8. The number of phenols is 1. The fraction of sp³-hybridized carbons (Fsp3) is 0.385. The summed E-state index contributed by atoms with van der Waals surface area (Å²) in [5.74, 6) is 0.605. The summed E-state index contributed by atoms with van der Waals surface area (Å²) in [6.45, 7) is 3.77. The molecule has 3 aromatic rings. The van der Waals surface area contributed by atoms with Gasteiger partial charge in [0.15, 0.2) is 0 Å². The third-order valence-corrected chi connectivity index (χ3v) is 7.05. The second-order valence-electron chi connectivity index (χ2n) is 9.23. The van der Waals surface area contributed by atoms with Gasteiger partial charge in [0.1, 0.15) is 23.1 Å². The molecule has 5 rings (SSSR count). The Bertz CT molecular complexity index is 1290. The number of nitrogens with zero attached hydrogens (tertiary/aromatic N) is 2. The van der Waals surface area contributed by atoms with E-state index in [-0.39, 0.29) is 24.2 Å². The molecular weight excluding hydrogens is 448 g/mol. The van der Waals surface area contributed by atoms with Crippen LogP contribution in [-0.2, 0) is 16.0 Å². The van der Waals surface area contributed by atoms with Crippen LogP contribution in [0.25, 0.3) is 10.9 Å². The Morgan fingerprint density at radius 1 is 1.17 bits per heavy atom. The molecule has 3 N–H and O–H groups in total.